The lowest BCUT2D eigenvalue weighted by atomic mass is 9.96. The van der Waals surface area contributed by atoms with Gasteiger partial charge >= 0.3 is 0 Å². The summed E-state index contributed by atoms with van der Waals surface area (Å²) in [6.07, 6.45) is 8.33. The summed E-state index contributed by atoms with van der Waals surface area (Å²) in [7, 11) is 0. The van der Waals surface area contributed by atoms with Crippen LogP contribution < -0.4 is 0 Å². The Balaban J connectivity index is 1.70. The minimum Gasteiger partial charge on any atom is -0.472 e. The number of furan rings is 2. The summed E-state index contributed by atoms with van der Waals surface area (Å²) in [5, 5.41) is 0. The standard InChI is InChI=1S/C15H18O3/c1-11-7-13(17-9-11)8-15(2)5-3-14(18-15)12-4-6-16-10-12/h4,6-7,9-10,14H,3,5,8H2,1-2H3/t14-,15+/m1/s1. The molecule has 0 aromatic carbocycles. The molecule has 1 aliphatic rings. The minimum atomic E-state index is -0.133. The monoisotopic (exact) mass is 246 g/mol. The minimum absolute atomic E-state index is 0.133. The highest BCUT2D eigenvalue weighted by molar-refractivity contribution is 5.15. The Morgan fingerprint density at radius 1 is 1.39 bits per heavy atom. The topological polar surface area (TPSA) is 35.5 Å². The first-order valence-corrected chi connectivity index (χ1v) is 6.39. The van der Waals surface area contributed by atoms with Gasteiger partial charge in [0.1, 0.15) is 5.76 Å². The van der Waals surface area contributed by atoms with Crippen LogP contribution in [0, 0.1) is 6.92 Å². The number of rotatable bonds is 3. The van der Waals surface area contributed by atoms with Crippen molar-refractivity contribution in [3.63, 3.8) is 0 Å². The zero-order chi connectivity index (χ0) is 12.6. The van der Waals surface area contributed by atoms with Gasteiger partial charge in [-0.2, -0.15) is 0 Å². The van der Waals surface area contributed by atoms with Crippen molar-refractivity contribution < 1.29 is 13.6 Å². The van der Waals surface area contributed by atoms with Crippen molar-refractivity contribution in [2.45, 2.75) is 44.8 Å². The van der Waals surface area contributed by atoms with Gasteiger partial charge in [-0.3, -0.25) is 0 Å². The van der Waals surface area contributed by atoms with Gasteiger partial charge in [0.05, 0.1) is 30.5 Å². The summed E-state index contributed by atoms with van der Waals surface area (Å²) in [6.45, 7) is 4.20. The van der Waals surface area contributed by atoms with Crippen molar-refractivity contribution in [3.05, 3.63) is 47.8 Å². The molecule has 0 amide bonds. The fourth-order valence-corrected chi connectivity index (χ4v) is 2.67. The molecule has 3 rings (SSSR count). The number of hydrogen-bond acceptors (Lipinski definition) is 3. The second-order valence-electron chi connectivity index (χ2n) is 5.42. The zero-order valence-electron chi connectivity index (χ0n) is 10.8. The van der Waals surface area contributed by atoms with Crippen molar-refractivity contribution in [2.24, 2.45) is 0 Å². The van der Waals surface area contributed by atoms with E-state index in [9.17, 15) is 0 Å². The molecule has 0 saturated carbocycles. The summed E-state index contributed by atoms with van der Waals surface area (Å²) in [5.41, 5.74) is 2.17. The highest BCUT2D eigenvalue weighted by Crippen LogP contribution is 2.41. The molecule has 0 radical (unpaired) electrons. The molecule has 0 N–H and O–H groups in total. The van der Waals surface area contributed by atoms with E-state index in [1.54, 1.807) is 18.8 Å². The molecular weight excluding hydrogens is 228 g/mol. The zero-order valence-corrected chi connectivity index (χ0v) is 10.8. The molecular formula is C15H18O3. The third kappa shape index (κ3) is 2.23. The number of aryl methyl sites for hydroxylation is 1. The molecule has 0 unspecified atom stereocenters. The van der Waals surface area contributed by atoms with Crippen LogP contribution in [0.3, 0.4) is 0 Å². The van der Waals surface area contributed by atoms with Gasteiger partial charge in [-0.25, -0.2) is 0 Å². The SMILES string of the molecule is Cc1coc(C[C@]2(C)CC[C@H](c3ccoc3)O2)c1. The molecule has 1 fully saturated rings. The number of hydrogen-bond donors (Lipinski definition) is 0. The molecule has 0 aliphatic carbocycles. The average molecular weight is 246 g/mol. The van der Waals surface area contributed by atoms with Gasteiger partial charge in [0, 0.05) is 12.0 Å². The first kappa shape index (κ1) is 11.6. The van der Waals surface area contributed by atoms with Gasteiger partial charge in [0.25, 0.3) is 0 Å². The molecule has 3 heterocycles. The Morgan fingerprint density at radius 3 is 2.94 bits per heavy atom. The molecule has 2 aromatic rings. The molecule has 2 aromatic heterocycles. The maximum absolute atomic E-state index is 6.19. The average Bonchev–Trinajstić information content (AvgIpc) is 3.00. The van der Waals surface area contributed by atoms with E-state index in [0.717, 1.165) is 36.1 Å². The normalized spacial score (nSPS) is 27.8. The van der Waals surface area contributed by atoms with E-state index in [1.165, 1.54) is 0 Å². The predicted octanol–water partition coefficient (Wildman–Crippen LogP) is 4.03. The van der Waals surface area contributed by atoms with Crippen LogP contribution in [-0.2, 0) is 11.2 Å². The van der Waals surface area contributed by atoms with Crippen LogP contribution in [0.5, 0.6) is 0 Å². The van der Waals surface area contributed by atoms with Crippen LogP contribution in [0.4, 0.5) is 0 Å². The summed E-state index contributed by atoms with van der Waals surface area (Å²) in [6, 6.07) is 4.06. The van der Waals surface area contributed by atoms with E-state index in [-0.39, 0.29) is 11.7 Å². The highest BCUT2D eigenvalue weighted by Gasteiger charge is 2.37. The summed E-state index contributed by atoms with van der Waals surface area (Å²) in [5.74, 6) is 1.00. The Hall–Kier alpha value is -1.48. The molecule has 1 aliphatic heterocycles. The van der Waals surface area contributed by atoms with Crippen LogP contribution in [0.1, 0.15) is 42.8 Å². The van der Waals surface area contributed by atoms with E-state index in [0.29, 0.717) is 0 Å². The first-order chi connectivity index (χ1) is 8.65. The second kappa shape index (κ2) is 4.32. The first-order valence-electron chi connectivity index (χ1n) is 6.39. The molecule has 2 atom stereocenters. The summed E-state index contributed by atoms with van der Waals surface area (Å²) >= 11 is 0. The molecule has 3 heteroatoms. The van der Waals surface area contributed by atoms with Gasteiger partial charge in [-0.15, -0.1) is 0 Å². The van der Waals surface area contributed by atoms with Crippen LogP contribution in [0.15, 0.2) is 39.8 Å². The maximum Gasteiger partial charge on any atom is 0.106 e. The van der Waals surface area contributed by atoms with Gasteiger partial charge in [-0.1, -0.05) is 0 Å². The van der Waals surface area contributed by atoms with Gasteiger partial charge in [0.2, 0.25) is 0 Å². The fraction of sp³-hybridized carbons (Fsp3) is 0.467. The Labute approximate surface area is 107 Å². The Morgan fingerprint density at radius 2 is 2.28 bits per heavy atom. The Kier molecular flexibility index (Phi) is 2.78. The molecule has 96 valence electrons. The lowest BCUT2D eigenvalue weighted by Gasteiger charge is -2.23. The van der Waals surface area contributed by atoms with Gasteiger partial charge in [-0.05, 0) is 44.4 Å². The quantitative estimate of drug-likeness (QED) is 0.820. The third-order valence-corrected chi connectivity index (χ3v) is 3.61. The van der Waals surface area contributed by atoms with Crippen LogP contribution in [-0.4, -0.2) is 5.60 Å². The van der Waals surface area contributed by atoms with E-state index in [4.69, 9.17) is 13.6 Å². The van der Waals surface area contributed by atoms with Crippen molar-refractivity contribution in [1.29, 1.82) is 0 Å². The largest absolute Gasteiger partial charge is 0.472 e. The second-order valence-corrected chi connectivity index (χ2v) is 5.42. The van der Waals surface area contributed by atoms with E-state index in [1.807, 2.05) is 13.0 Å². The molecule has 0 bridgehead atoms. The van der Waals surface area contributed by atoms with Crippen LogP contribution >= 0.6 is 0 Å². The van der Waals surface area contributed by atoms with E-state index >= 15 is 0 Å². The lowest BCUT2D eigenvalue weighted by Crippen LogP contribution is -2.26. The highest BCUT2D eigenvalue weighted by atomic mass is 16.5. The van der Waals surface area contributed by atoms with Gasteiger partial charge < -0.3 is 13.6 Å². The van der Waals surface area contributed by atoms with Crippen molar-refractivity contribution >= 4 is 0 Å². The lowest BCUT2D eigenvalue weighted by molar-refractivity contribution is -0.0319. The fourth-order valence-electron chi connectivity index (χ4n) is 2.67. The van der Waals surface area contributed by atoms with E-state index < -0.39 is 0 Å². The van der Waals surface area contributed by atoms with Crippen molar-refractivity contribution in [2.75, 3.05) is 0 Å². The van der Waals surface area contributed by atoms with E-state index in [2.05, 4.69) is 13.0 Å². The predicted molar refractivity (Wildman–Crippen MR) is 67.3 cm³/mol. The number of ether oxygens (including phenoxy) is 1. The molecule has 3 nitrogen and oxygen atoms in total. The van der Waals surface area contributed by atoms with Crippen molar-refractivity contribution in [3.8, 4) is 0 Å². The molecule has 18 heavy (non-hydrogen) atoms. The third-order valence-electron chi connectivity index (χ3n) is 3.61. The summed E-state index contributed by atoms with van der Waals surface area (Å²) in [4.78, 5) is 0. The van der Waals surface area contributed by atoms with Gasteiger partial charge in [0.15, 0.2) is 0 Å². The Bertz CT molecular complexity index is 512. The maximum atomic E-state index is 6.19. The summed E-state index contributed by atoms with van der Waals surface area (Å²) < 4.78 is 16.8. The molecule has 1 saturated heterocycles. The smallest absolute Gasteiger partial charge is 0.106 e. The van der Waals surface area contributed by atoms with Crippen LogP contribution in [0.2, 0.25) is 0 Å². The van der Waals surface area contributed by atoms with Crippen molar-refractivity contribution in [1.82, 2.24) is 0 Å². The molecule has 0 spiro atoms. The van der Waals surface area contributed by atoms with Crippen LogP contribution in [0.25, 0.3) is 0 Å².